The van der Waals surface area contributed by atoms with E-state index >= 15 is 0 Å². The van der Waals surface area contributed by atoms with Gasteiger partial charge in [0.05, 0.1) is 0 Å². The molecule has 0 aliphatic heterocycles. The third-order valence-corrected chi connectivity index (χ3v) is 0. The molecule has 0 radical (unpaired) electrons. The van der Waals surface area contributed by atoms with Gasteiger partial charge in [0.15, 0.2) is 0 Å². The number of rotatable bonds is 0. The molecule has 0 aliphatic carbocycles. The van der Waals surface area contributed by atoms with Crippen LogP contribution in [0.3, 0.4) is 0 Å². The molecule has 0 aromatic rings. The minimum atomic E-state index is 0. The molecule has 0 heterocycles. The van der Waals surface area contributed by atoms with Gasteiger partial charge in [-0.1, -0.05) is 0 Å². The molecule has 220 valence electrons. The molecule has 0 N–H and O–H groups in total. The average Bonchev–Trinajstić information content (AvgIpc) is 0. The summed E-state index contributed by atoms with van der Waals surface area (Å²) in [5.74, 6) is 0. The fraction of sp³-hybridized carbons (Fsp3) is 0. The molecule has 0 aliphatic rings. The van der Waals surface area contributed by atoms with Gasteiger partial charge in [0.25, 0.3) is 0 Å². The second-order valence-electron chi connectivity index (χ2n) is 0. The van der Waals surface area contributed by atoms with Gasteiger partial charge in [-0.25, -0.2) is 0 Å². The van der Waals surface area contributed by atoms with E-state index in [1.54, 1.807) is 0 Å². The Morgan fingerprint density at radius 2 is 0.0667 bits per heavy atom. The molecule has 0 aromatic heterocycles. The summed E-state index contributed by atoms with van der Waals surface area (Å²) in [5.41, 5.74) is 0. The van der Waals surface area contributed by atoms with Crippen LogP contribution in [-0.2, 0) is 0 Å². The van der Waals surface area contributed by atoms with Crippen LogP contribution in [0.15, 0.2) is 0 Å². The van der Waals surface area contributed by atoms with Crippen LogP contribution in [0.1, 0.15) is 0 Å². The van der Waals surface area contributed by atoms with E-state index in [0.717, 1.165) is 0 Å². The Morgan fingerprint density at radius 1 is 0.0667 bits per heavy atom. The fourth-order valence-electron chi connectivity index (χ4n) is 0. The first-order valence-electron chi connectivity index (χ1n) is 0. The number of halogens is 25. The second kappa shape index (κ2) is 400. The number of hydrogen-bond acceptors (Lipinski definition) is 0. The Morgan fingerprint density at radius 3 is 0.0667 bits per heavy atom. The summed E-state index contributed by atoms with van der Waals surface area (Å²) in [6.45, 7) is 0. The molecular formula is H35Ca5Cl25. The summed E-state index contributed by atoms with van der Waals surface area (Å²) in [5, 5.41) is 0. The zero-order chi connectivity index (χ0) is 0. The molecule has 0 amide bonds. The van der Waals surface area contributed by atoms with Gasteiger partial charge in [-0.05, 0) is 0 Å². The molecular weight excluding hydrogens is 1090 g/mol. The Hall–Kier alpha value is 13.5. The molecule has 0 bridgehead atoms. The van der Waals surface area contributed by atoms with E-state index < -0.39 is 0 Å². The van der Waals surface area contributed by atoms with E-state index in [2.05, 4.69) is 0 Å². The quantitative estimate of drug-likeness (QED) is 0.263. The Labute approximate surface area is 486 Å². The van der Waals surface area contributed by atoms with E-state index in [-0.39, 0.29) is 499 Å². The van der Waals surface area contributed by atoms with Crippen LogP contribution in [0.5, 0.6) is 0 Å². The van der Waals surface area contributed by atoms with Crippen LogP contribution in [0.25, 0.3) is 0 Å². The molecule has 0 nitrogen and oxygen atoms in total. The van der Waals surface area contributed by atoms with Crippen LogP contribution in [0.4, 0.5) is 0 Å². The zero-order valence-corrected chi connectivity index (χ0v) is 30.6. The van der Waals surface area contributed by atoms with E-state index in [1.807, 2.05) is 0 Å². The molecule has 0 fully saturated rings. The summed E-state index contributed by atoms with van der Waals surface area (Å²) >= 11 is 0. The standard InChI is InChI=1S/5Ca.25ClH.10H/h;;;;;25*1H;;;;;;;;;;. The van der Waals surface area contributed by atoms with Crippen LogP contribution < -0.4 is 0 Å². The Balaban J connectivity index is 0. The maximum atomic E-state index is 0. The van der Waals surface area contributed by atoms with E-state index in [9.17, 15) is 0 Å². The first-order valence-corrected chi connectivity index (χ1v) is 0. The Kier molecular flexibility index (Phi) is 5730. The van der Waals surface area contributed by atoms with Crippen molar-refractivity contribution >= 4 is 499 Å². The van der Waals surface area contributed by atoms with E-state index in [1.165, 1.54) is 0 Å². The zero-order valence-electron chi connectivity index (χ0n) is 10.2. The van der Waals surface area contributed by atoms with Crippen molar-refractivity contribution in [1.29, 1.82) is 0 Å². The van der Waals surface area contributed by atoms with Gasteiger partial charge >= 0.3 is 189 Å². The summed E-state index contributed by atoms with van der Waals surface area (Å²) in [6, 6.07) is 0. The summed E-state index contributed by atoms with van der Waals surface area (Å²) in [4.78, 5) is 0. The van der Waals surface area contributed by atoms with Crippen molar-refractivity contribution in [1.82, 2.24) is 0 Å². The van der Waals surface area contributed by atoms with Crippen molar-refractivity contribution in [3.63, 3.8) is 0 Å². The molecule has 0 saturated heterocycles. The van der Waals surface area contributed by atoms with Crippen LogP contribution >= 0.6 is 310 Å². The molecule has 0 saturated carbocycles. The van der Waals surface area contributed by atoms with Crippen molar-refractivity contribution in [3.8, 4) is 0 Å². The summed E-state index contributed by atoms with van der Waals surface area (Å²) in [7, 11) is 0. The number of hydrogen-bond donors (Lipinski definition) is 0. The van der Waals surface area contributed by atoms with Gasteiger partial charge in [-0.15, -0.1) is 310 Å². The van der Waals surface area contributed by atoms with Crippen LogP contribution in [0.2, 0.25) is 0 Å². The average molecular weight is 1120 g/mol. The third-order valence-electron chi connectivity index (χ3n) is 0. The van der Waals surface area contributed by atoms with Gasteiger partial charge in [-0.3, -0.25) is 0 Å². The fourth-order valence-corrected chi connectivity index (χ4v) is 0. The molecule has 0 unspecified atom stereocenters. The molecule has 30 heteroatoms. The van der Waals surface area contributed by atoms with Crippen molar-refractivity contribution in [2.24, 2.45) is 0 Å². The molecule has 0 rings (SSSR count). The molecule has 0 atom stereocenters. The van der Waals surface area contributed by atoms with Gasteiger partial charge in [-0.2, -0.15) is 0 Å². The molecule has 0 spiro atoms. The summed E-state index contributed by atoms with van der Waals surface area (Å²) < 4.78 is 0. The summed E-state index contributed by atoms with van der Waals surface area (Å²) in [6.07, 6.45) is 0. The van der Waals surface area contributed by atoms with Gasteiger partial charge in [0.2, 0.25) is 0 Å². The van der Waals surface area contributed by atoms with E-state index in [4.69, 9.17) is 0 Å². The second-order valence-corrected chi connectivity index (χ2v) is 0. The predicted octanol–water partition coefficient (Wildman–Crippen LogP) is 5.96. The predicted molar refractivity (Wildman–Crippen MR) is 224 cm³/mol. The monoisotopic (exact) mass is 1110 g/mol. The van der Waals surface area contributed by atoms with Crippen molar-refractivity contribution in [3.05, 3.63) is 0 Å². The van der Waals surface area contributed by atoms with Crippen LogP contribution in [0, 0.1) is 0 Å². The van der Waals surface area contributed by atoms with E-state index in [0.29, 0.717) is 0 Å². The van der Waals surface area contributed by atoms with Crippen molar-refractivity contribution < 1.29 is 0 Å². The minimum absolute atomic E-state index is 0. The van der Waals surface area contributed by atoms with Gasteiger partial charge in [0, 0.05) is 0 Å². The normalized spacial score (nSPS) is 0. The molecule has 0 aromatic carbocycles. The van der Waals surface area contributed by atoms with Gasteiger partial charge in [0.1, 0.15) is 0 Å². The Bertz CT molecular complexity index is 19.5. The third kappa shape index (κ3) is 372. The molecule has 30 heavy (non-hydrogen) atoms. The van der Waals surface area contributed by atoms with Gasteiger partial charge < -0.3 is 0 Å². The van der Waals surface area contributed by atoms with Crippen molar-refractivity contribution in [2.45, 2.75) is 0 Å². The first kappa shape index (κ1) is 429. The topological polar surface area (TPSA) is 0 Å². The maximum absolute atomic E-state index is 0. The van der Waals surface area contributed by atoms with Crippen molar-refractivity contribution in [2.75, 3.05) is 0 Å². The van der Waals surface area contributed by atoms with Crippen LogP contribution in [-0.4, -0.2) is 189 Å². The SMILES string of the molecule is Cl.Cl.Cl.Cl.Cl.Cl.Cl.Cl.Cl.Cl.Cl.Cl.Cl.Cl.Cl.Cl.Cl.Cl.Cl.Cl.Cl.Cl.Cl.Cl.Cl.[CaH2].[CaH2].[CaH2].[CaH2].[CaH2]. The first-order chi connectivity index (χ1) is 0.